The molecular formula is C23H22N4O3. The molecule has 152 valence electrons. The van der Waals surface area contributed by atoms with Gasteiger partial charge in [-0.05, 0) is 24.6 Å². The van der Waals surface area contributed by atoms with Gasteiger partial charge in [-0.2, -0.15) is 0 Å². The van der Waals surface area contributed by atoms with E-state index in [0.29, 0.717) is 37.1 Å². The summed E-state index contributed by atoms with van der Waals surface area (Å²) < 4.78 is 8.42. The van der Waals surface area contributed by atoms with Crippen molar-refractivity contribution in [1.29, 1.82) is 0 Å². The molecule has 30 heavy (non-hydrogen) atoms. The highest BCUT2D eigenvalue weighted by Gasteiger charge is 2.65. The van der Waals surface area contributed by atoms with Gasteiger partial charge in [0, 0.05) is 25.4 Å². The number of hydrogen-bond acceptors (Lipinski definition) is 4. The van der Waals surface area contributed by atoms with E-state index in [9.17, 15) is 9.59 Å². The molecule has 0 N–H and O–H groups in total. The minimum Gasteiger partial charge on any atom is -0.343 e. The number of imidazole rings is 1. The van der Waals surface area contributed by atoms with Gasteiger partial charge in [0.2, 0.25) is 5.91 Å². The first-order chi connectivity index (χ1) is 14.6. The monoisotopic (exact) mass is 402 g/mol. The van der Waals surface area contributed by atoms with Crippen LogP contribution in [0.5, 0.6) is 0 Å². The Labute approximate surface area is 173 Å². The Morgan fingerprint density at radius 1 is 1.20 bits per heavy atom. The lowest BCUT2D eigenvalue weighted by molar-refractivity contribution is -0.138. The number of aryl methyl sites for hydroxylation is 1. The van der Waals surface area contributed by atoms with Gasteiger partial charge in [0.15, 0.2) is 5.72 Å². The molecule has 1 spiro atoms. The zero-order valence-corrected chi connectivity index (χ0v) is 16.7. The molecule has 6 rings (SSSR count). The van der Waals surface area contributed by atoms with E-state index in [4.69, 9.17) is 4.74 Å². The third-order valence-corrected chi connectivity index (χ3v) is 6.69. The standard InChI is InChI=1S/C23H22N4O3/c1-15-13-25-10-5-8-17(21(25)24-15)22(29)26-11-9-23-19(26)12-20(28)27(23)14-18(30-23)16-6-3-2-4-7-16/h2-8,10,13,18-19H,9,11-12,14H2,1H3/t18-,19-,23+/m1/s1. The van der Waals surface area contributed by atoms with E-state index in [1.807, 2.05) is 76.0 Å². The van der Waals surface area contributed by atoms with Crippen LogP contribution in [-0.2, 0) is 9.53 Å². The number of likely N-dealkylation sites (tertiary alicyclic amines) is 1. The molecule has 0 aliphatic carbocycles. The lowest BCUT2D eigenvalue weighted by Gasteiger charge is -2.32. The van der Waals surface area contributed by atoms with E-state index in [1.54, 1.807) is 0 Å². The molecule has 3 aliphatic heterocycles. The van der Waals surface area contributed by atoms with E-state index < -0.39 is 5.72 Å². The average molecular weight is 402 g/mol. The molecular weight excluding hydrogens is 380 g/mol. The number of amides is 2. The van der Waals surface area contributed by atoms with Crippen LogP contribution in [0.25, 0.3) is 5.65 Å². The lowest BCUT2D eigenvalue weighted by Crippen LogP contribution is -2.48. The number of carbonyl (C=O) groups excluding carboxylic acids is 2. The summed E-state index contributed by atoms with van der Waals surface area (Å²) in [5.41, 5.74) is 2.42. The summed E-state index contributed by atoms with van der Waals surface area (Å²) in [6.45, 7) is 3.02. The second-order valence-corrected chi connectivity index (χ2v) is 8.37. The number of fused-ring (bicyclic) bond motifs is 1. The van der Waals surface area contributed by atoms with Crippen LogP contribution in [0.4, 0.5) is 0 Å². The molecule has 7 nitrogen and oxygen atoms in total. The van der Waals surface area contributed by atoms with Crippen LogP contribution in [0.1, 0.15) is 40.6 Å². The number of benzene rings is 1. The molecule has 3 atom stereocenters. The van der Waals surface area contributed by atoms with Crippen LogP contribution in [0.3, 0.4) is 0 Å². The molecule has 0 radical (unpaired) electrons. The number of rotatable bonds is 2. The first-order valence-corrected chi connectivity index (χ1v) is 10.4. The minimum atomic E-state index is -0.719. The summed E-state index contributed by atoms with van der Waals surface area (Å²) in [4.78, 5) is 34.6. The van der Waals surface area contributed by atoms with E-state index in [1.165, 1.54) is 0 Å². The van der Waals surface area contributed by atoms with Crippen molar-refractivity contribution in [3.63, 3.8) is 0 Å². The molecule has 3 fully saturated rings. The Kier molecular flexibility index (Phi) is 3.62. The number of carbonyl (C=O) groups is 2. The minimum absolute atomic E-state index is 0.0609. The second kappa shape index (κ2) is 6.15. The van der Waals surface area contributed by atoms with Crippen LogP contribution in [-0.4, -0.2) is 55.9 Å². The van der Waals surface area contributed by atoms with E-state index in [2.05, 4.69) is 4.98 Å². The molecule has 7 heteroatoms. The van der Waals surface area contributed by atoms with E-state index >= 15 is 0 Å². The first kappa shape index (κ1) is 17.7. The molecule has 1 aromatic carbocycles. The second-order valence-electron chi connectivity index (χ2n) is 8.37. The van der Waals surface area contributed by atoms with Gasteiger partial charge >= 0.3 is 0 Å². The Hall–Kier alpha value is -3.19. The van der Waals surface area contributed by atoms with Crippen molar-refractivity contribution in [2.24, 2.45) is 0 Å². The van der Waals surface area contributed by atoms with Crippen molar-refractivity contribution in [1.82, 2.24) is 19.2 Å². The highest BCUT2D eigenvalue weighted by Crippen LogP contribution is 2.50. The summed E-state index contributed by atoms with van der Waals surface area (Å²) in [6, 6.07) is 13.4. The summed E-state index contributed by atoms with van der Waals surface area (Å²) in [7, 11) is 0. The van der Waals surface area contributed by atoms with Crippen LogP contribution >= 0.6 is 0 Å². The van der Waals surface area contributed by atoms with Gasteiger partial charge in [-0.25, -0.2) is 4.98 Å². The topological polar surface area (TPSA) is 67.2 Å². The smallest absolute Gasteiger partial charge is 0.258 e. The van der Waals surface area contributed by atoms with E-state index in [-0.39, 0.29) is 24.0 Å². The van der Waals surface area contributed by atoms with Crippen LogP contribution in [0, 0.1) is 6.92 Å². The quantitative estimate of drug-likeness (QED) is 0.661. The summed E-state index contributed by atoms with van der Waals surface area (Å²) >= 11 is 0. The van der Waals surface area contributed by atoms with Crippen molar-refractivity contribution >= 4 is 17.5 Å². The van der Waals surface area contributed by atoms with Crippen LogP contribution < -0.4 is 0 Å². The van der Waals surface area contributed by atoms with E-state index in [0.717, 1.165) is 11.3 Å². The van der Waals surface area contributed by atoms with Gasteiger partial charge < -0.3 is 18.9 Å². The fraction of sp³-hybridized carbons (Fsp3) is 0.348. The van der Waals surface area contributed by atoms with Gasteiger partial charge in [-0.3, -0.25) is 9.59 Å². The van der Waals surface area contributed by atoms with Crippen molar-refractivity contribution in [2.75, 3.05) is 13.1 Å². The Balaban J connectivity index is 1.34. The number of hydrogen-bond donors (Lipinski definition) is 0. The molecule has 2 aromatic heterocycles. The summed E-state index contributed by atoms with van der Waals surface area (Å²) in [5, 5.41) is 0. The average Bonchev–Trinajstić information content (AvgIpc) is 3.47. The molecule has 0 saturated carbocycles. The SMILES string of the molecule is Cc1cn2cccc(C(=O)N3CC[C@@]45O[C@@H](c6ccccc6)CN4C(=O)C[C@@H]35)c2n1. The van der Waals surface area contributed by atoms with Crippen LogP contribution in [0.2, 0.25) is 0 Å². The maximum Gasteiger partial charge on any atom is 0.258 e. The molecule has 3 saturated heterocycles. The number of pyridine rings is 1. The maximum atomic E-state index is 13.5. The summed E-state index contributed by atoms with van der Waals surface area (Å²) in [5.74, 6) is -0.0275. The first-order valence-electron chi connectivity index (χ1n) is 10.4. The van der Waals surface area contributed by atoms with Gasteiger partial charge in [-0.1, -0.05) is 30.3 Å². The Morgan fingerprint density at radius 3 is 2.87 bits per heavy atom. The van der Waals surface area contributed by atoms with Crippen molar-refractivity contribution in [2.45, 2.75) is 37.6 Å². The fourth-order valence-electron chi connectivity index (χ4n) is 5.37. The molecule has 0 unspecified atom stereocenters. The van der Waals surface area contributed by atoms with Gasteiger partial charge in [0.25, 0.3) is 5.91 Å². The fourth-order valence-corrected chi connectivity index (χ4v) is 5.37. The number of ether oxygens (including phenoxy) is 1. The van der Waals surface area contributed by atoms with Crippen molar-refractivity contribution < 1.29 is 14.3 Å². The zero-order valence-electron chi connectivity index (χ0n) is 16.7. The van der Waals surface area contributed by atoms with Crippen LogP contribution in [0.15, 0.2) is 54.9 Å². The highest BCUT2D eigenvalue weighted by molar-refractivity contribution is 6.01. The largest absolute Gasteiger partial charge is 0.343 e. The van der Waals surface area contributed by atoms with Crippen molar-refractivity contribution in [3.05, 3.63) is 71.7 Å². The van der Waals surface area contributed by atoms with Gasteiger partial charge in [-0.15, -0.1) is 0 Å². The predicted molar refractivity (Wildman–Crippen MR) is 109 cm³/mol. The number of nitrogens with zero attached hydrogens (tertiary/aromatic N) is 4. The third kappa shape index (κ3) is 2.32. The zero-order chi connectivity index (χ0) is 20.5. The third-order valence-electron chi connectivity index (χ3n) is 6.69. The molecule has 2 amide bonds. The molecule has 3 aliphatic rings. The Morgan fingerprint density at radius 2 is 2.03 bits per heavy atom. The van der Waals surface area contributed by atoms with Gasteiger partial charge in [0.05, 0.1) is 30.3 Å². The molecule has 5 heterocycles. The molecule has 0 bridgehead atoms. The van der Waals surface area contributed by atoms with Crippen molar-refractivity contribution in [3.8, 4) is 0 Å². The number of aromatic nitrogens is 2. The lowest BCUT2D eigenvalue weighted by atomic mass is 10.1. The summed E-state index contributed by atoms with van der Waals surface area (Å²) in [6.07, 6.45) is 4.58. The Bertz CT molecular complexity index is 1170. The predicted octanol–water partition coefficient (Wildman–Crippen LogP) is 2.56. The highest BCUT2D eigenvalue weighted by atomic mass is 16.5. The molecule has 3 aromatic rings. The maximum absolute atomic E-state index is 13.5. The van der Waals surface area contributed by atoms with Gasteiger partial charge in [0.1, 0.15) is 11.8 Å². The normalized spacial score (nSPS) is 27.7.